The van der Waals surface area contributed by atoms with Crippen LogP contribution in [0, 0.1) is 11.8 Å². The maximum absolute atomic E-state index is 13.2. The lowest BCUT2D eigenvalue weighted by molar-refractivity contribution is -0.120. The van der Waals surface area contributed by atoms with E-state index in [1.165, 1.54) is 11.2 Å². The average molecular weight is 502 g/mol. The number of carbonyl (C=O) groups excluding carboxylic acids is 2. The van der Waals surface area contributed by atoms with E-state index in [-0.39, 0.29) is 18.3 Å². The van der Waals surface area contributed by atoms with E-state index in [1.54, 1.807) is 29.9 Å². The van der Waals surface area contributed by atoms with Gasteiger partial charge in [-0.05, 0) is 23.8 Å². The van der Waals surface area contributed by atoms with Gasteiger partial charge in [-0.15, -0.1) is 5.10 Å². The number of nitrogens with zero attached hydrogens (tertiary/aromatic N) is 4. The molecular formula is C27H27N5O5. The number of nitrogens with one attached hydrogen (secondary N) is 1. The number of likely N-dealkylation sites (N-methyl/N-ethyl adjacent to an activating group) is 1. The normalized spacial score (nSPS) is 18.6. The zero-order valence-corrected chi connectivity index (χ0v) is 20.4. The standard InChI is InChI=1S/C27H27N5O5/c1-31-22-15-19(9-10-27(35)11-13-36-14-12-27)7-8-23(22)37-17-21(26(31)34)29-25(33)24-28-18-32(30-24)16-20-5-3-2-4-6-20/h2-8,15,18,21,35H,11-14,16-17H2,1H3,(H,29,33)/t21-/m1/s1. The van der Waals surface area contributed by atoms with Crippen molar-refractivity contribution in [2.45, 2.75) is 31.0 Å². The minimum atomic E-state index is -1.08. The van der Waals surface area contributed by atoms with Gasteiger partial charge < -0.3 is 24.8 Å². The topological polar surface area (TPSA) is 119 Å². The summed E-state index contributed by atoms with van der Waals surface area (Å²) < 4.78 is 12.7. The molecule has 0 aliphatic carbocycles. The summed E-state index contributed by atoms with van der Waals surface area (Å²) in [5.74, 6) is 5.50. The zero-order chi connectivity index (χ0) is 25.8. The van der Waals surface area contributed by atoms with Crippen LogP contribution in [0.5, 0.6) is 5.75 Å². The molecule has 5 rings (SSSR count). The average Bonchev–Trinajstić information content (AvgIpc) is 3.35. The number of aromatic nitrogens is 3. The smallest absolute Gasteiger partial charge is 0.291 e. The highest BCUT2D eigenvalue weighted by molar-refractivity contribution is 6.02. The first-order chi connectivity index (χ1) is 17.9. The van der Waals surface area contributed by atoms with E-state index in [9.17, 15) is 14.7 Å². The van der Waals surface area contributed by atoms with E-state index in [1.807, 2.05) is 30.3 Å². The second kappa shape index (κ2) is 10.4. The van der Waals surface area contributed by atoms with Gasteiger partial charge in [-0.25, -0.2) is 9.67 Å². The molecule has 1 aromatic heterocycles. The van der Waals surface area contributed by atoms with E-state index in [0.717, 1.165) is 5.56 Å². The van der Waals surface area contributed by atoms with Gasteiger partial charge in [0.15, 0.2) is 0 Å². The molecular weight excluding hydrogens is 474 g/mol. The number of carbonyl (C=O) groups is 2. The van der Waals surface area contributed by atoms with Gasteiger partial charge >= 0.3 is 0 Å². The summed E-state index contributed by atoms with van der Waals surface area (Å²) in [4.78, 5) is 31.5. The van der Waals surface area contributed by atoms with Crippen molar-refractivity contribution in [1.82, 2.24) is 20.1 Å². The number of fused-ring (bicyclic) bond motifs is 1. The third-order valence-electron chi connectivity index (χ3n) is 6.35. The highest BCUT2D eigenvalue weighted by Crippen LogP contribution is 2.31. The Kier molecular flexibility index (Phi) is 6.90. The molecule has 3 aromatic rings. The van der Waals surface area contributed by atoms with Crippen molar-refractivity contribution in [2.75, 3.05) is 31.8 Å². The molecule has 1 fully saturated rings. The number of hydrogen-bond donors (Lipinski definition) is 2. The van der Waals surface area contributed by atoms with Crippen LogP contribution in [0.2, 0.25) is 0 Å². The fourth-order valence-corrected chi connectivity index (χ4v) is 4.17. The monoisotopic (exact) mass is 501 g/mol. The second-order valence-corrected chi connectivity index (χ2v) is 9.06. The molecule has 0 radical (unpaired) electrons. The SMILES string of the molecule is CN1C(=O)[C@H](NC(=O)c2ncn(Cc3ccccc3)n2)COc2ccc(C#CC3(O)CCOCC3)cc21. The molecule has 2 amide bonds. The Morgan fingerprint density at radius 1 is 1.22 bits per heavy atom. The Hall–Kier alpha value is -4.20. The van der Waals surface area contributed by atoms with Crippen molar-refractivity contribution in [3.05, 3.63) is 71.8 Å². The predicted molar refractivity (Wildman–Crippen MR) is 134 cm³/mol. The van der Waals surface area contributed by atoms with Gasteiger partial charge in [0.05, 0.1) is 25.4 Å². The lowest BCUT2D eigenvalue weighted by Crippen LogP contribution is -2.49. The summed E-state index contributed by atoms with van der Waals surface area (Å²) in [5, 5.41) is 17.5. The van der Waals surface area contributed by atoms with Crippen LogP contribution in [0.1, 0.15) is 34.6 Å². The molecule has 2 N–H and O–H groups in total. The van der Waals surface area contributed by atoms with Gasteiger partial charge in [0.1, 0.15) is 30.3 Å². The van der Waals surface area contributed by atoms with Crippen LogP contribution in [0.4, 0.5) is 5.69 Å². The molecule has 0 saturated carbocycles. The molecule has 190 valence electrons. The first-order valence-corrected chi connectivity index (χ1v) is 12.0. The summed E-state index contributed by atoms with van der Waals surface area (Å²) in [6.07, 6.45) is 2.38. The highest BCUT2D eigenvalue weighted by Gasteiger charge is 2.32. The van der Waals surface area contributed by atoms with E-state index in [0.29, 0.717) is 49.6 Å². The van der Waals surface area contributed by atoms with Gasteiger partial charge in [0, 0.05) is 25.5 Å². The van der Waals surface area contributed by atoms with Crippen molar-refractivity contribution in [1.29, 1.82) is 0 Å². The van der Waals surface area contributed by atoms with Crippen molar-refractivity contribution in [2.24, 2.45) is 0 Å². The van der Waals surface area contributed by atoms with Crippen molar-refractivity contribution in [3.8, 4) is 17.6 Å². The van der Waals surface area contributed by atoms with Crippen LogP contribution in [-0.4, -0.2) is 70.2 Å². The van der Waals surface area contributed by atoms with E-state index >= 15 is 0 Å². The first kappa shape index (κ1) is 24.5. The van der Waals surface area contributed by atoms with Gasteiger partial charge in [-0.2, -0.15) is 0 Å². The fraction of sp³-hybridized carbons (Fsp3) is 0.333. The van der Waals surface area contributed by atoms with Gasteiger partial charge in [-0.3, -0.25) is 9.59 Å². The van der Waals surface area contributed by atoms with Crippen LogP contribution in [0.3, 0.4) is 0 Å². The number of rotatable bonds is 4. The maximum Gasteiger partial charge on any atom is 0.291 e. The maximum atomic E-state index is 13.2. The van der Waals surface area contributed by atoms with Crippen molar-refractivity contribution < 1.29 is 24.2 Å². The Bertz CT molecular complexity index is 1350. The van der Waals surface area contributed by atoms with Gasteiger partial charge in [-0.1, -0.05) is 42.2 Å². The van der Waals surface area contributed by atoms with Crippen LogP contribution >= 0.6 is 0 Å². The van der Waals surface area contributed by atoms with Crippen molar-refractivity contribution in [3.63, 3.8) is 0 Å². The predicted octanol–water partition coefficient (Wildman–Crippen LogP) is 1.37. The summed E-state index contributed by atoms with van der Waals surface area (Å²) in [6.45, 7) is 1.37. The lowest BCUT2D eigenvalue weighted by Gasteiger charge is -2.26. The minimum Gasteiger partial charge on any atom is -0.489 e. The number of amides is 2. The summed E-state index contributed by atoms with van der Waals surface area (Å²) in [6, 6.07) is 14.0. The molecule has 3 heterocycles. The molecule has 2 aromatic carbocycles. The first-order valence-electron chi connectivity index (χ1n) is 12.0. The molecule has 1 saturated heterocycles. The van der Waals surface area contributed by atoms with Crippen LogP contribution < -0.4 is 15.0 Å². The zero-order valence-electron chi connectivity index (χ0n) is 20.4. The Balaban J connectivity index is 1.26. The summed E-state index contributed by atoms with van der Waals surface area (Å²) >= 11 is 0. The van der Waals surface area contributed by atoms with Crippen molar-refractivity contribution >= 4 is 17.5 Å². The Morgan fingerprint density at radius 3 is 2.78 bits per heavy atom. The number of hydrogen-bond acceptors (Lipinski definition) is 7. The second-order valence-electron chi connectivity index (χ2n) is 9.06. The van der Waals surface area contributed by atoms with Crippen LogP contribution in [0.25, 0.3) is 0 Å². The van der Waals surface area contributed by atoms with E-state index in [2.05, 4.69) is 27.2 Å². The van der Waals surface area contributed by atoms with Crippen LogP contribution in [0.15, 0.2) is 54.9 Å². The molecule has 10 nitrogen and oxygen atoms in total. The fourth-order valence-electron chi connectivity index (χ4n) is 4.17. The molecule has 37 heavy (non-hydrogen) atoms. The third kappa shape index (κ3) is 5.63. The van der Waals surface area contributed by atoms with Crippen LogP contribution in [-0.2, 0) is 16.1 Å². The lowest BCUT2D eigenvalue weighted by atomic mass is 9.95. The largest absolute Gasteiger partial charge is 0.489 e. The van der Waals surface area contributed by atoms with Gasteiger partial charge in [0.25, 0.3) is 11.8 Å². The Labute approximate surface area is 214 Å². The number of ether oxygens (including phenoxy) is 2. The highest BCUT2D eigenvalue weighted by atomic mass is 16.5. The summed E-state index contributed by atoms with van der Waals surface area (Å²) in [5.41, 5.74) is 1.10. The minimum absolute atomic E-state index is 0.0308. The van der Waals surface area contributed by atoms with E-state index < -0.39 is 17.6 Å². The number of anilines is 1. The quantitative estimate of drug-likeness (QED) is 0.519. The number of aliphatic hydroxyl groups is 1. The van der Waals surface area contributed by atoms with E-state index in [4.69, 9.17) is 9.47 Å². The summed E-state index contributed by atoms with van der Waals surface area (Å²) in [7, 11) is 1.62. The Morgan fingerprint density at radius 2 is 2.00 bits per heavy atom. The molecule has 0 bridgehead atoms. The molecule has 10 heteroatoms. The van der Waals surface area contributed by atoms with Gasteiger partial charge in [0.2, 0.25) is 5.82 Å². The molecule has 2 aliphatic heterocycles. The molecule has 1 atom stereocenters. The number of benzene rings is 2. The third-order valence-corrected chi connectivity index (χ3v) is 6.35. The molecule has 0 spiro atoms. The molecule has 2 aliphatic rings. The molecule has 0 unspecified atom stereocenters.